The first kappa shape index (κ1) is 18.6. The molecule has 1 aliphatic heterocycles. The maximum Gasteiger partial charge on any atom is 0.225 e. The van der Waals surface area contributed by atoms with Crippen LogP contribution in [0, 0.1) is 6.92 Å². The maximum atomic E-state index is 12.5. The van der Waals surface area contributed by atoms with Crippen molar-refractivity contribution in [1.82, 2.24) is 0 Å². The van der Waals surface area contributed by atoms with E-state index in [-0.39, 0.29) is 11.8 Å². The summed E-state index contributed by atoms with van der Waals surface area (Å²) in [6.07, 6.45) is 0.429. The van der Waals surface area contributed by atoms with Crippen LogP contribution >= 0.6 is 11.3 Å². The molecule has 1 atom stereocenters. The summed E-state index contributed by atoms with van der Waals surface area (Å²) in [5, 5.41) is 5.24. The molecule has 0 spiro atoms. The van der Waals surface area contributed by atoms with Crippen molar-refractivity contribution in [2.75, 3.05) is 19.0 Å². The summed E-state index contributed by atoms with van der Waals surface area (Å²) in [5.41, 5.74) is 5.41. The summed E-state index contributed by atoms with van der Waals surface area (Å²) in [5.74, 6) is 1.47. The lowest BCUT2D eigenvalue weighted by Crippen LogP contribution is -2.22. The summed E-state index contributed by atoms with van der Waals surface area (Å²) in [6, 6.07) is 14.4. The number of rotatable bonds is 5. The Morgan fingerprint density at radius 1 is 1.14 bits per heavy atom. The van der Waals surface area contributed by atoms with E-state index in [0.717, 1.165) is 28.1 Å². The van der Waals surface area contributed by atoms with E-state index in [1.165, 1.54) is 10.4 Å². The van der Waals surface area contributed by atoms with E-state index in [4.69, 9.17) is 9.47 Å². The molecule has 2 heterocycles. The first-order chi connectivity index (χ1) is 13.6. The number of carbonyl (C=O) groups is 1. The number of hydrogen-bond acceptors (Lipinski definition) is 4. The van der Waals surface area contributed by atoms with Gasteiger partial charge < -0.3 is 14.8 Å². The normalized spacial score (nSPS) is 15.7. The molecule has 3 aromatic rings. The van der Waals surface area contributed by atoms with Crippen LogP contribution in [-0.2, 0) is 4.79 Å². The Hall–Kier alpha value is -2.79. The number of nitrogens with one attached hydrogen (secondary N) is 1. The lowest BCUT2D eigenvalue weighted by molar-refractivity contribution is -0.116. The van der Waals surface area contributed by atoms with Crippen molar-refractivity contribution in [2.45, 2.75) is 26.2 Å². The second kappa shape index (κ2) is 7.68. The van der Waals surface area contributed by atoms with Crippen LogP contribution in [0.25, 0.3) is 11.1 Å². The summed E-state index contributed by atoms with van der Waals surface area (Å²) in [4.78, 5) is 13.7. The molecular weight excluding hydrogens is 370 g/mol. The zero-order valence-corrected chi connectivity index (χ0v) is 17.1. The molecule has 0 unspecified atom stereocenters. The van der Waals surface area contributed by atoms with Crippen LogP contribution in [0.2, 0.25) is 0 Å². The van der Waals surface area contributed by atoms with Crippen LogP contribution in [-0.4, -0.2) is 19.6 Å². The lowest BCUT2D eigenvalue weighted by atomic mass is 9.89. The minimum atomic E-state index is 0.0116. The molecule has 0 radical (unpaired) electrons. The highest BCUT2D eigenvalue weighted by molar-refractivity contribution is 7.11. The second-order valence-corrected chi connectivity index (χ2v) is 7.81. The van der Waals surface area contributed by atoms with Gasteiger partial charge in [0.05, 0.1) is 19.4 Å². The molecule has 0 saturated heterocycles. The number of carbonyl (C=O) groups excluding carboxylic acids is 1. The van der Waals surface area contributed by atoms with Crippen molar-refractivity contribution < 1.29 is 14.3 Å². The van der Waals surface area contributed by atoms with Crippen molar-refractivity contribution in [3.05, 3.63) is 63.8 Å². The van der Waals surface area contributed by atoms with Gasteiger partial charge >= 0.3 is 0 Å². The van der Waals surface area contributed by atoms with Crippen LogP contribution in [0.5, 0.6) is 11.5 Å². The van der Waals surface area contributed by atoms with Gasteiger partial charge in [-0.25, -0.2) is 0 Å². The van der Waals surface area contributed by atoms with Gasteiger partial charge in [0.25, 0.3) is 0 Å². The highest BCUT2D eigenvalue weighted by Gasteiger charge is 2.31. The molecule has 1 aliphatic rings. The summed E-state index contributed by atoms with van der Waals surface area (Å²) in [7, 11) is 1.64. The summed E-state index contributed by atoms with van der Waals surface area (Å²) >= 11 is 1.70. The fourth-order valence-corrected chi connectivity index (χ4v) is 4.78. The van der Waals surface area contributed by atoms with Crippen LogP contribution in [0.1, 0.15) is 35.3 Å². The highest BCUT2D eigenvalue weighted by Crippen LogP contribution is 2.47. The minimum Gasteiger partial charge on any atom is -0.493 e. The Balaban J connectivity index is 1.76. The summed E-state index contributed by atoms with van der Waals surface area (Å²) in [6.45, 7) is 4.60. The van der Waals surface area contributed by atoms with Crippen LogP contribution in [0.3, 0.4) is 0 Å². The first-order valence-corrected chi connectivity index (χ1v) is 10.3. The Kier molecular flexibility index (Phi) is 5.09. The molecule has 0 saturated carbocycles. The van der Waals surface area contributed by atoms with Crippen molar-refractivity contribution in [3.8, 4) is 22.6 Å². The molecule has 28 heavy (non-hydrogen) atoms. The van der Waals surface area contributed by atoms with E-state index >= 15 is 0 Å². The Morgan fingerprint density at radius 2 is 1.93 bits per heavy atom. The van der Waals surface area contributed by atoms with Gasteiger partial charge in [0.15, 0.2) is 11.5 Å². The Labute approximate surface area is 169 Å². The van der Waals surface area contributed by atoms with Gasteiger partial charge in [0, 0.05) is 28.2 Å². The molecular formula is C23H23NO3S. The van der Waals surface area contributed by atoms with E-state index in [2.05, 4.69) is 41.9 Å². The summed E-state index contributed by atoms with van der Waals surface area (Å²) < 4.78 is 11.1. The van der Waals surface area contributed by atoms with Crippen molar-refractivity contribution in [2.24, 2.45) is 0 Å². The molecule has 2 aromatic carbocycles. The third-order valence-corrected chi connectivity index (χ3v) is 6.14. The number of thiophene rings is 1. The molecule has 5 heteroatoms. The van der Waals surface area contributed by atoms with Crippen LogP contribution < -0.4 is 14.8 Å². The van der Waals surface area contributed by atoms with E-state index in [0.29, 0.717) is 18.8 Å². The van der Waals surface area contributed by atoms with Gasteiger partial charge in [-0.3, -0.25) is 4.79 Å². The largest absolute Gasteiger partial charge is 0.493 e. The molecule has 1 N–H and O–H groups in total. The first-order valence-electron chi connectivity index (χ1n) is 9.39. The van der Waals surface area contributed by atoms with E-state index in [9.17, 15) is 4.79 Å². The van der Waals surface area contributed by atoms with Gasteiger partial charge in [-0.15, -0.1) is 11.3 Å². The van der Waals surface area contributed by atoms with Gasteiger partial charge in [-0.2, -0.15) is 0 Å². The van der Waals surface area contributed by atoms with Gasteiger partial charge in [0.2, 0.25) is 5.91 Å². The topological polar surface area (TPSA) is 47.6 Å². The highest BCUT2D eigenvalue weighted by atomic mass is 32.1. The Bertz CT molecular complexity index is 1010. The molecule has 1 amide bonds. The molecule has 4 rings (SSSR count). The SMILES string of the molecule is CCOc1ccc([C@@H]2CC(=O)Nc3c(-c4ccc(C)cc4)csc32)cc1OC. The Morgan fingerprint density at radius 3 is 2.64 bits per heavy atom. The smallest absolute Gasteiger partial charge is 0.225 e. The number of aryl methyl sites for hydroxylation is 1. The second-order valence-electron chi connectivity index (χ2n) is 6.90. The van der Waals surface area contributed by atoms with E-state index in [1.54, 1.807) is 18.4 Å². The van der Waals surface area contributed by atoms with Gasteiger partial charge in [-0.1, -0.05) is 35.9 Å². The van der Waals surface area contributed by atoms with Crippen LogP contribution in [0.15, 0.2) is 47.8 Å². The number of amides is 1. The average molecular weight is 394 g/mol. The number of hydrogen-bond donors (Lipinski definition) is 1. The fourth-order valence-electron chi connectivity index (χ4n) is 3.62. The molecule has 0 bridgehead atoms. The number of benzene rings is 2. The number of fused-ring (bicyclic) bond motifs is 1. The minimum absolute atomic E-state index is 0.0116. The third-order valence-electron chi connectivity index (χ3n) is 5.04. The monoisotopic (exact) mass is 393 g/mol. The fraction of sp³-hybridized carbons (Fsp3) is 0.261. The number of anilines is 1. The van der Waals surface area contributed by atoms with Gasteiger partial charge in [0.1, 0.15) is 0 Å². The number of ether oxygens (including phenoxy) is 2. The predicted molar refractivity (Wildman–Crippen MR) is 114 cm³/mol. The van der Waals surface area contributed by atoms with Gasteiger partial charge in [-0.05, 0) is 37.1 Å². The number of methoxy groups -OCH3 is 1. The molecule has 0 fully saturated rings. The van der Waals surface area contributed by atoms with Crippen molar-refractivity contribution in [3.63, 3.8) is 0 Å². The third kappa shape index (κ3) is 3.38. The lowest BCUT2D eigenvalue weighted by Gasteiger charge is -2.24. The molecule has 1 aromatic heterocycles. The zero-order chi connectivity index (χ0) is 19.7. The zero-order valence-electron chi connectivity index (χ0n) is 16.2. The molecule has 4 nitrogen and oxygen atoms in total. The molecule has 144 valence electrons. The van der Waals surface area contributed by atoms with E-state index in [1.807, 2.05) is 25.1 Å². The predicted octanol–water partition coefficient (Wildman–Crippen LogP) is 5.60. The quantitative estimate of drug-likeness (QED) is 0.613. The van der Waals surface area contributed by atoms with Crippen LogP contribution in [0.4, 0.5) is 5.69 Å². The average Bonchev–Trinajstić information content (AvgIpc) is 3.12. The molecule has 0 aliphatic carbocycles. The van der Waals surface area contributed by atoms with E-state index < -0.39 is 0 Å². The van der Waals surface area contributed by atoms with Crippen molar-refractivity contribution >= 4 is 22.9 Å². The van der Waals surface area contributed by atoms with Crippen molar-refractivity contribution in [1.29, 1.82) is 0 Å². The maximum absolute atomic E-state index is 12.5. The standard InChI is InChI=1S/C23H23NO3S/c1-4-27-19-10-9-16(11-20(19)26-3)17-12-21(25)24-22-18(13-28-23(17)22)15-7-5-14(2)6-8-15/h5-11,13,17H,4,12H2,1-3H3,(H,24,25)/t17-/m0/s1.